The molecule has 0 aliphatic rings. The zero-order valence-electron chi connectivity index (χ0n) is 21.6. The molecule has 5 aromatic rings. The van der Waals surface area contributed by atoms with Crippen LogP contribution in [0.2, 0.25) is 0 Å². The number of carbonyl (C=O) groups is 1. The van der Waals surface area contributed by atoms with Gasteiger partial charge in [-0.3, -0.25) is 9.20 Å². The first-order valence-corrected chi connectivity index (χ1v) is 14.0. The third-order valence-electron chi connectivity index (χ3n) is 6.08. The van der Waals surface area contributed by atoms with Gasteiger partial charge in [0.2, 0.25) is 0 Å². The Balaban J connectivity index is 1.39. The average molecular weight is 536 g/mol. The molecule has 0 aliphatic carbocycles. The fourth-order valence-electron chi connectivity index (χ4n) is 3.96. The fraction of sp³-hybridized carbons (Fsp3) is 0.100. The van der Waals surface area contributed by atoms with Crippen LogP contribution in [0.5, 0.6) is 0 Å². The Morgan fingerprint density at radius 1 is 0.949 bits per heavy atom. The van der Waals surface area contributed by atoms with E-state index in [1.54, 1.807) is 48.8 Å². The van der Waals surface area contributed by atoms with Gasteiger partial charge in [0.15, 0.2) is 15.5 Å². The van der Waals surface area contributed by atoms with E-state index >= 15 is 0 Å². The third kappa shape index (κ3) is 5.81. The van der Waals surface area contributed by atoms with E-state index < -0.39 is 9.84 Å². The van der Waals surface area contributed by atoms with Crippen molar-refractivity contribution >= 4 is 38.6 Å². The number of benzene rings is 2. The third-order valence-corrected chi connectivity index (χ3v) is 7.21. The van der Waals surface area contributed by atoms with Gasteiger partial charge in [-0.25, -0.2) is 18.4 Å². The number of nitrogens with one attached hydrogen (secondary N) is 2. The van der Waals surface area contributed by atoms with Crippen LogP contribution < -0.4 is 10.6 Å². The van der Waals surface area contributed by atoms with Gasteiger partial charge in [-0.05, 0) is 91.6 Å². The molecule has 194 valence electrons. The quantitative estimate of drug-likeness (QED) is 0.302. The number of nitrogens with zero attached hydrogens (tertiary/aromatic N) is 3. The van der Waals surface area contributed by atoms with Crippen LogP contribution in [0.3, 0.4) is 0 Å². The number of hydrogen-bond donors (Lipinski definition) is 2. The van der Waals surface area contributed by atoms with E-state index in [0.717, 1.165) is 28.1 Å². The molecule has 5 rings (SSSR count). The predicted octanol–water partition coefficient (Wildman–Crippen LogP) is 5.15. The van der Waals surface area contributed by atoms with Crippen molar-refractivity contribution < 1.29 is 13.2 Å². The second-order valence-corrected chi connectivity index (χ2v) is 11.1. The SMILES string of the molecule is Cc1ccnc(NC(=O)c2ccc(C)c(C#Cc3cnc4c(Nc5ccc(S(C)(=O)=O)cc5)cccn34)c2)c1. The van der Waals surface area contributed by atoms with Gasteiger partial charge < -0.3 is 10.6 Å². The lowest BCUT2D eigenvalue weighted by Gasteiger charge is -2.08. The molecule has 39 heavy (non-hydrogen) atoms. The maximum absolute atomic E-state index is 12.8. The Bertz CT molecular complexity index is 1880. The maximum Gasteiger partial charge on any atom is 0.256 e. The number of imidazole rings is 1. The molecule has 0 aliphatic heterocycles. The van der Waals surface area contributed by atoms with Crippen LogP contribution in [0.4, 0.5) is 17.2 Å². The molecular formula is C30H25N5O3S. The second-order valence-electron chi connectivity index (χ2n) is 9.13. The summed E-state index contributed by atoms with van der Waals surface area (Å²) in [7, 11) is -3.26. The minimum atomic E-state index is -3.26. The zero-order valence-corrected chi connectivity index (χ0v) is 22.4. The molecule has 0 spiro atoms. The summed E-state index contributed by atoms with van der Waals surface area (Å²) >= 11 is 0. The van der Waals surface area contributed by atoms with Gasteiger partial charge in [-0.15, -0.1) is 0 Å². The first-order valence-electron chi connectivity index (χ1n) is 12.1. The number of hydrogen-bond acceptors (Lipinski definition) is 6. The number of pyridine rings is 2. The Hall–Kier alpha value is -4.94. The smallest absolute Gasteiger partial charge is 0.256 e. The number of aryl methyl sites for hydroxylation is 2. The van der Waals surface area contributed by atoms with Crippen molar-refractivity contribution in [3.63, 3.8) is 0 Å². The van der Waals surface area contributed by atoms with E-state index in [2.05, 4.69) is 32.4 Å². The lowest BCUT2D eigenvalue weighted by molar-refractivity contribution is 0.102. The number of aromatic nitrogens is 3. The largest absolute Gasteiger partial charge is 0.352 e. The molecule has 0 radical (unpaired) electrons. The fourth-order valence-corrected chi connectivity index (χ4v) is 4.59. The van der Waals surface area contributed by atoms with Crippen molar-refractivity contribution in [1.29, 1.82) is 0 Å². The lowest BCUT2D eigenvalue weighted by Crippen LogP contribution is -2.13. The van der Waals surface area contributed by atoms with Crippen molar-refractivity contribution in [2.45, 2.75) is 18.7 Å². The summed E-state index contributed by atoms with van der Waals surface area (Å²) in [5, 5.41) is 6.12. The first-order chi connectivity index (χ1) is 18.7. The molecule has 0 saturated heterocycles. The highest BCUT2D eigenvalue weighted by Gasteiger charge is 2.11. The van der Waals surface area contributed by atoms with E-state index in [1.807, 2.05) is 54.8 Å². The van der Waals surface area contributed by atoms with Crippen molar-refractivity contribution in [2.24, 2.45) is 0 Å². The second kappa shape index (κ2) is 10.4. The van der Waals surface area contributed by atoms with Gasteiger partial charge in [-0.2, -0.15) is 0 Å². The van der Waals surface area contributed by atoms with E-state index in [1.165, 1.54) is 6.26 Å². The molecule has 3 heterocycles. The Morgan fingerprint density at radius 3 is 2.49 bits per heavy atom. The topological polar surface area (TPSA) is 105 Å². The molecule has 0 saturated carbocycles. The molecule has 9 heteroatoms. The monoisotopic (exact) mass is 535 g/mol. The van der Waals surface area contributed by atoms with Crippen LogP contribution in [0, 0.1) is 25.7 Å². The Kier molecular flexibility index (Phi) is 6.88. The summed E-state index contributed by atoms with van der Waals surface area (Å²) in [4.78, 5) is 21.8. The Labute approximate surface area is 226 Å². The van der Waals surface area contributed by atoms with Crippen LogP contribution in [0.1, 0.15) is 32.7 Å². The lowest BCUT2D eigenvalue weighted by atomic mass is 10.0. The van der Waals surface area contributed by atoms with Gasteiger partial charge in [0.05, 0.1) is 16.8 Å². The molecule has 0 fully saturated rings. The van der Waals surface area contributed by atoms with Gasteiger partial charge in [-0.1, -0.05) is 12.0 Å². The molecular weight excluding hydrogens is 510 g/mol. The highest BCUT2D eigenvalue weighted by atomic mass is 32.2. The highest BCUT2D eigenvalue weighted by Crippen LogP contribution is 2.23. The van der Waals surface area contributed by atoms with Crippen molar-refractivity contribution in [2.75, 3.05) is 16.9 Å². The van der Waals surface area contributed by atoms with Crippen LogP contribution in [-0.2, 0) is 9.84 Å². The number of fused-ring (bicyclic) bond motifs is 1. The molecule has 1 amide bonds. The normalized spacial score (nSPS) is 11.1. The number of carbonyl (C=O) groups excluding carboxylic acids is 1. The standard InChI is InChI=1S/C30H25N5O3S/c1-20-14-15-31-28(17-20)34-30(36)23-7-6-21(2)22(18-23)8-11-25-19-32-29-27(5-4-16-35(25)29)33-24-9-12-26(13-10-24)39(3,37)38/h4-7,9-10,12-19,33H,1-3H3,(H,31,34,36). The molecule has 3 aromatic heterocycles. The summed E-state index contributed by atoms with van der Waals surface area (Å²) in [6.45, 7) is 3.88. The molecule has 8 nitrogen and oxygen atoms in total. The summed E-state index contributed by atoms with van der Waals surface area (Å²) in [5.74, 6) is 6.59. The van der Waals surface area contributed by atoms with Crippen molar-refractivity contribution in [3.8, 4) is 11.8 Å². The van der Waals surface area contributed by atoms with E-state index in [4.69, 9.17) is 0 Å². The number of sulfone groups is 1. The maximum atomic E-state index is 12.8. The van der Waals surface area contributed by atoms with Gasteiger partial charge in [0.1, 0.15) is 11.5 Å². The average Bonchev–Trinajstić information content (AvgIpc) is 3.32. The summed E-state index contributed by atoms with van der Waals surface area (Å²) < 4.78 is 25.3. The highest BCUT2D eigenvalue weighted by molar-refractivity contribution is 7.90. The van der Waals surface area contributed by atoms with Gasteiger partial charge >= 0.3 is 0 Å². The van der Waals surface area contributed by atoms with Crippen molar-refractivity contribution in [1.82, 2.24) is 14.4 Å². The molecule has 0 unspecified atom stereocenters. The van der Waals surface area contributed by atoms with Crippen LogP contribution in [0.25, 0.3) is 5.65 Å². The van der Waals surface area contributed by atoms with E-state index in [9.17, 15) is 13.2 Å². The minimum absolute atomic E-state index is 0.258. The van der Waals surface area contributed by atoms with Gasteiger partial charge in [0, 0.05) is 35.5 Å². The zero-order chi connectivity index (χ0) is 27.6. The summed E-state index contributed by atoms with van der Waals surface area (Å²) in [6.07, 6.45) is 6.40. The van der Waals surface area contributed by atoms with E-state index in [0.29, 0.717) is 22.7 Å². The van der Waals surface area contributed by atoms with Crippen LogP contribution in [0.15, 0.2) is 90.2 Å². The molecule has 2 N–H and O–H groups in total. The van der Waals surface area contributed by atoms with Crippen LogP contribution in [-0.4, -0.2) is 34.9 Å². The first kappa shape index (κ1) is 25.7. The minimum Gasteiger partial charge on any atom is -0.352 e. The van der Waals surface area contributed by atoms with Gasteiger partial charge in [0.25, 0.3) is 5.91 Å². The van der Waals surface area contributed by atoms with E-state index in [-0.39, 0.29) is 10.8 Å². The molecule has 0 atom stereocenters. The summed E-state index contributed by atoms with van der Waals surface area (Å²) in [5.41, 5.74) is 6.00. The summed E-state index contributed by atoms with van der Waals surface area (Å²) in [6, 6.07) is 19.4. The van der Waals surface area contributed by atoms with Crippen LogP contribution >= 0.6 is 0 Å². The molecule has 0 bridgehead atoms. The predicted molar refractivity (Wildman–Crippen MR) is 152 cm³/mol. The van der Waals surface area contributed by atoms with Crippen molar-refractivity contribution in [3.05, 3.63) is 113 Å². The number of rotatable bonds is 5. The Morgan fingerprint density at radius 2 is 1.74 bits per heavy atom. The molecule has 2 aromatic carbocycles. The number of anilines is 3. The number of amides is 1.